The normalized spacial score (nSPS) is 40.9. The van der Waals surface area contributed by atoms with Crippen LogP contribution in [0.3, 0.4) is 0 Å². The molecule has 0 aromatic carbocycles. The van der Waals surface area contributed by atoms with Crippen LogP contribution in [0.5, 0.6) is 0 Å². The van der Waals surface area contributed by atoms with Crippen LogP contribution in [0, 0.1) is 11.8 Å². The first-order chi connectivity index (χ1) is 5.25. The summed E-state index contributed by atoms with van der Waals surface area (Å²) in [5.41, 5.74) is 0. The van der Waals surface area contributed by atoms with Gasteiger partial charge in [0.15, 0.2) is 0 Å². The topological polar surface area (TPSA) is 46.5 Å². The molecule has 2 aliphatic carbocycles. The molecule has 0 saturated heterocycles. The maximum absolute atomic E-state index is 10.2. The average Bonchev–Trinajstić information content (AvgIpc) is 2.45. The van der Waals surface area contributed by atoms with Crippen molar-refractivity contribution in [3.63, 3.8) is 0 Å². The van der Waals surface area contributed by atoms with Crippen LogP contribution in [-0.2, 0) is 4.74 Å². The molecule has 2 rings (SSSR count). The minimum Gasteiger partial charge on any atom is -0.450 e. The van der Waals surface area contributed by atoms with Gasteiger partial charge in [-0.05, 0) is 37.5 Å². The molecule has 3 atom stereocenters. The van der Waals surface area contributed by atoms with E-state index in [0.29, 0.717) is 5.92 Å². The van der Waals surface area contributed by atoms with Crippen LogP contribution in [0.1, 0.15) is 25.7 Å². The van der Waals surface area contributed by atoms with Crippen LogP contribution in [0.2, 0.25) is 0 Å². The Hall–Kier alpha value is -0.730. The Balaban J connectivity index is 1.92. The van der Waals surface area contributed by atoms with Gasteiger partial charge in [0.2, 0.25) is 0 Å². The fourth-order valence-corrected chi connectivity index (χ4v) is 2.46. The Labute approximate surface area is 65.4 Å². The van der Waals surface area contributed by atoms with Gasteiger partial charge >= 0.3 is 6.16 Å². The molecule has 2 saturated carbocycles. The zero-order valence-electron chi connectivity index (χ0n) is 6.32. The van der Waals surface area contributed by atoms with Crippen LogP contribution in [-0.4, -0.2) is 17.4 Å². The highest BCUT2D eigenvalue weighted by Gasteiger charge is 2.41. The molecule has 2 aliphatic rings. The number of hydrogen-bond donors (Lipinski definition) is 1. The zero-order valence-corrected chi connectivity index (χ0v) is 6.32. The van der Waals surface area contributed by atoms with Crippen molar-refractivity contribution in [1.82, 2.24) is 0 Å². The molecule has 0 radical (unpaired) electrons. The van der Waals surface area contributed by atoms with E-state index in [1.807, 2.05) is 0 Å². The van der Waals surface area contributed by atoms with Crippen LogP contribution in [0.25, 0.3) is 0 Å². The largest absolute Gasteiger partial charge is 0.506 e. The van der Waals surface area contributed by atoms with Crippen molar-refractivity contribution in [3.05, 3.63) is 0 Å². The van der Waals surface area contributed by atoms with Crippen molar-refractivity contribution in [3.8, 4) is 0 Å². The fourth-order valence-electron chi connectivity index (χ4n) is 2.46. The predicted molar refractivity (Wildman–Crippen MR) is 38.3 cm³/mol. The SMILES string of the molecule is O=C(O)OC1CC2CCC1C2. The number of ether oxygens (including phenoxy) is 1. The van der Waals surface area contributed by atoms with E-state index in [0.717, 1.165) is 12.3 Å². The highest BCUT2D eigenvalue weighted by atomic mass is 16.7. The number of carboxylic acid groups (broad SMARTS) is 1. The molecule has 2 fully saturated rings. The van der Waals surface area contributed by atoms with Gasteiger partial charge in [-0.25, -0.2) is 4.79 Å². The Morgan fingerprint density at radius 1 is 1.36 bits per heavy atom. The van der Waals surface area contributed by atoms with Gasteiger partial charge in [0.05, 0.1) is 0 Å². The molecule has 0 heterocycles. The van der Waals surface area contributed by atoms with Crippen LogP contribution in [0.15, 0.2) is 0 Å². The van der Waals surface area contributed by atoms with Gasteiger partial charge in [-0.15, -0.1) is 0 Å². The smallest absolute Gasteiger partial charge is 0.450 e. The van der Waals surface area contributed by atoms with Gasteiger partial charge in [-0.1, -0.05) is 0 Å². The molecular weight excluding hydrogens is 144 g/mol. The first-order valence-corrected chi connectivity index (χ1v) is 4.15. The van der Waals surface area contributed by atoms with Gasteiger partial charge in [0, 0.05) is 0 Å². The summed E-state index contributed by atoms with van der Waals surface area (Å²) in [5, 5.41) is 8.38. The van der Waals surface area contributed by atoms with Crippen LogP contribution < -0.4 is 0 Å². The second kappa shape index (κ2) is 2.40. The van der Waals surface area contributed by atoms with Crippen molar-refractivity contribution >= 4 is 6.16 Å². The van der Waals surface area contributed by atoms with E-state index >= 15 is 0 Å². The van der Waals surface area contributed by atoms with Gasteiger partial charge in [0.1, 0.15) is 6.10 Å². The van der Waals surface area contributed by atoms with Gasteiger partial charge in [-0.2, -0.15) is 0 Å². The van der Waals surface area contributed by atoms with E-state index in [2.05, 4.69) is 0 Å². The predicted octanol–water partition coefficient (Wildman–Crippen LogP) is 1.87. The molecular formula is C8H12O3. The van der Waals surface area contributed by atoms with Crippen molar-refractivity contribution < 1.29 is 14.6 Å². The molecule has 0 spiro atoms. The number of carbonyl (C=O) groups is 1. The zero-order chi connectivity index (χ0) is 7.84. The summed E-state index contributed by atoms with van der Waals surface area (Å²) in [5.74, 6) is 1.29. The lowest BCUT2D eigenvalue weighted by Crippen LogP contribution is -2.22. The van der Waals surface area contributed by atoms with E-state index in [-0.39, 0.29) is 6.10 Å². The maximum Gasteiger partial charge on any atom is 0.506 e. The summed E-state index contributed by atoms with van der Waals surface area (Å²) in [6, 6.07) is 0. The van der Waals surface area contributed by atoms with E-state index in [4.69, 9.17) is 9.84 Å². The van der Waals surface area contributed by atoms with E-state index in [9.17, 15) is 4.79 Å². The molecule has 3 nitrogen and oxygen atoms in total. The van der Waals surface area contributed by atoms with E-state index in [1.54, 1.807) is 0 Å². The summed E-state index contributed by atoms with van der Waals surface area (Å²) in [7, 11) is 0. The fraction of sp³-hybridized carbons (Fsp3) is 0.875. The molecule has 3 unspecified atom stereocenters. The average molecular weight is 156 g/mol. The lowest BCUT2D eigenvalue weighted by molar-refractivity contribution is 0.0276. The molecule has 62 valence electrons. The molecule has 0 amide bonds. The summed E-state index contributed by atoms with van der Waals surface area (Å²) < 4.78 is 4.76. The third-order valence-corrected chi connectivity index (χ3v) is 2.93. The highest BCUT2D eigenvalue weighted by molar-refractivity contribution is 5.57. The minimum atomic E-state index is -1.11. The Kier molecular flexibility index (Phi) is 1.51. The molecule has 0 aliphatic heterocycles. The Morgan fingerprint density at radius 3 is 2.64 bits per heavy atom. The van der Waals surface area contributed by atoms with Gasteiger partial charge in [-0.3, -0.25) is 0 Å². The van der Waals surface area contributed by atoms with E-state index < -0.39 is 6.16 Å². The summed E-state index contributed by atoms with van der Waals surface area (Å²) in [4.78, 5) is 10.2. The summed E-state index contributed by atoms with van der Waals surface area (Å²) in [6.07, 6.45) is 3.52. The number of hydrogen-bond acceptors (Lipinski definition) is 2. The Morgan fingerprint density at radius 2 is 2.18 bits per heavy atom. The molecule has 1 N–H and O–H groups in total. The molecule has 11 heavy (non-hydrogen) atoms. The monoisotopic (exact) mass is 156 g/mol. The molecule has 2 bridgehead atoms. The first kappa shape index (κ1) is 6.95. The second-order valence-corrected chi connectivity index (χ2v) is 3.60. The highest BCUT2D eigenvalue weighted by Crippen LogP contribution is 2.45. The standard InChI is InChI=1S/C8H12O3/c9-8(10)11-7-4-5-1-2-6(7)3-5/h5-7H,1-4H2,(H,9,10). The van der Waals surface area contributed by atoms with Gasteiger partial charge in [0.25, 0.3) is 0 Å². The number of fused-ring (bicyclic) bond motifs is 2. The third-order valence-electron chi connectivity index (χ3n) is 2.93. The van der Waals surface area contributed by atoms with Crippen molar-refractivity contribution in [2.75, 3.05) is 0 Å². The van der Waals surface area contributed by atoms with Gasteiger partial charge < -0.3 is 9.84 Å². The maximum atomic E-state index is 10.2. The van der Waals surface area contributed by atoms with Crippen molar-refractivity contribution in [2.45, 2.75) is 31.8 Å². The third kappa shape index (κ3) is 1.19. The van der Waals surface area contributed by atoms with E-state index in [1.165, 1.54) is 19.3 Å². The van der Waals surface area contributed by atoms with Crippen LogP contribution in [0.4, 0.5) is 4.79 Å². The quantitative estimate of drug-likeness (QED) is 0.589. The Bertz CT molecular complexity index is 178. The molecule has 0 aromatic rings. The minimum absolute atomic E-state index is 0.0197. The lowest BCUT2D eigenvalue weighted by Gasteiger charge is -2.19. The van der Waals surface area contributed by atoms with Crippen molar-refractivity contribution in [2.24, 2.45) is 11.8 Å². The van der Waals surface area contributed by atoms with Crippen molar-refractivity contribution in [1.29, 1.82) is 0 Å². The summed E-state index contributed by atoms with van der Waals surface area (Å²) in [6.45, 7) is 0. The second-order valence-electron chi connectivity index (χ2n) is 3.60. The summed E-state index contributed by atoms with van der Waals surface area (Å²) >= 11 is 0. The lowest BCUT2D eigenvalue weighted by atomic mass is 9.98. The molecule has 0 aromatic heterocycles. The first-order valence-electron chi connectivity index (χ1n) is 4.15. The van der Waals surface area contributed by atoms with Crippen LogP contribution >= 0.6 is 0 Å². The number of rotatable bonds is 1. The molecule has 3 heteroatoms.